The highest BCUT2D eigenvalue weighted by atomic mass is 35.5. The second-order valence-corrected chi connectivity index (χ2v) is 5.77. The summed E-state index contributed by atoms with van der Waals surface area (Å²) >= 11 is 16.6. The summed E-state index contributed by atoms with van der Waals surface area (Å²) in [7, 11) is 0. The van der Waals surface area contributed by atoms with Crippen LogP contribution in [0.25, 0.3) is 0 Å². The normalized spacial score (nSPS) is 8.88. The Morgan fingerprint density at radius 2 is 1.25 bits per heavy atom. The summed E-state index contributed by atoms with van der Waals surface area (Å²) in [5.74, 6) is -0.417. The van der Waals surface area contributed by atoms with Crippen LogP contribution in [0.15, 0.2) is 36.4 Å². The Kier molecular flexibility index (Phi) is 11.3. The molecule has 5 nitrogen and oxygen atoms in total. The van der Waals surface area contributed by atoms with Gasteiger partial charge in [0.1, 0.15) is 0 Å². The molecular formula is C16H19Cl3N2O3. The summed E-state index contributed by atoms with van der Waals surface area (Å²) in [5.41, 5.74) is 7.73. The van der Waals surface area contributed by atoms with Gasteiger partial charge in [-0.05, 0) is 73.0 Å². The molecule has 0 heterocycles. The van der Waals surface area contributed by atoms with E-state index in [9.17, 15) is 9.59 Å². The van der Waals surface area contributed by atoms with Gasteiger partial charge in [0.05, 0.1) is 0 Å². The number of nitrogens with two attached hydrogens (primary N) is 1. The van der Waals surface area contributed by atoms with Gasteiger partial charge in [-0.25, -0.2) is 0 Å². The SMILES string of the molecule is Cc1cc(Cl)ccc1C(=O)Cl.Cc1cc(Cl)ccc1C(N)=O.N.O. The number of benzene rings is 2. The molecule has 0 saturated heterocycles. The lowest BCUT2D eigenvalue weighted by Crippen LogP contribution is -2.12. The molecule has 0 aliphatic rings. The first-order chi connectivity index (χ1) is 10.2. The summed E-state index contributed by atoms with van der Waals surface area (Å²) < 4.78 is 0. The van der Waals surface area contributed by atoms with Gasteiger partial charge >= 0.3 is 0 Å². The van der Waals surface area contributed by atoms with Gasteiger partial charge in [-0.3, -0.25) is 9.59 Å². The summed E-state index contributed by atoms with van der Waals surface area (Å²) in [6.07, 6.45) is 0. The van der Waals surface area contributed by atoms with E-state index in [1.165, 1.54) is 0 Å². The highest BCUT2D eigenvalue weighted by Gasteiger charge is 2.05. The van der Waals surface area contributed by atoms with Crippen LogP contribution in [0.3, 0.4) is 0 Å². The van der Waals surface area contributed by atoms with Crippen molar-refractivity contribution in [3.63, 3.8) is 0 Å². The van der Waals surface area contributed by atoms with Crippen LogP contribution in [-0.2, 0) is 0 Å². The zero-order chi connectivity index (χ0) is 16.9. The van der Waals surface area contributed by atoms with E-state index in [0.717, 1.165) is 11.1 Å². The number of carbonyl (C=O) groups excluding carboxylic acids is 2. The van der Waals surface area contributed by atoms with Gasteiger partial charge in [0.25, 0.3) is 5.24 Å². The average Bonchev–Trinajstić information content (AvgIpc) is 2.38. The van der Waals surface area contributed by atoms with Gasteiger partial charge < -0.3 is 17.4 Å². The first kappa shape index (κ1) is 24.6. The molecule has 24 heavy (non-hydrogen) atoms. The molecule has 2 aromatic carbocycles. The van der Waals surface area contributed by atoms with E-state index in [2.05, 4.69) is 0 Å². The number of hydrogen-bond donors (Lipinski definition) is 2. The van der Waals surface area contributed by atoms with Crippen LogP contribution >= 0.6 is 34.8 Å². The maximum Gasteiger partial charge on any atom is 0.252 e. The van der Waals surface area contributed by atoms with Gasteiger partial charge in [-0.1, -0.05) is 23.2 Å². The molecule has 2 aromatic rings. The molecule has 8 heteroatoms. The Balaban J connectivity index is 0. The van der Waals surface area contributed by atoms with E-state index in [-0.39, 0.29) is 11.6 Å². The largest absolute Gasteiger partial charge is 0.412 e. The molecule has 0 unspecified atom stereocenters. The number of aryl methyl sites for hydroxylation is 2. The van der Waals surface area contributed by atoms with Crippen molar-refractivity contribution >= 4 is 46.0 Å². The Morgan fingerprint density at radius 1 is 0.875 bits per heavy atom. The lowest BCUT2D eigenvalue weighted by Gasteiger charge is -1.99. The predicted octanol–water partition coefficient (Wildman–Crippen LogP) is 4.11. The molecule has 0 radical (unpaired) electrons. The van der Waals surface area contributed by atoms with Crippen LogP contribution in [0.5, 0.6) is 0 Å². The van der Waals surface area contributed by atoms with Crippen LogP contribution in [-0.4, -0.2) is 16.6 Å². The second kappa shape index (κ2) is 11.0. The van der Waals surface area contributed by atoms with Crippen LogP contribution in [0.1, 0.15) is 31.8 Å². The molecule has 2 rings (SSSR count). The molecule has 0 bridgehead atoms. The molecule has 0 spiro atoms. The molecule has 0 saturated carbocycles. The molecule has 7 N–H and O–H groups in total. The summed E-state index contributed by atoms with van der Waals surface area (Å²) in [6, 6.07) is 9.95. The number of carbonyl (C=O) groups is 2. The molecule has 1 amide bonds. The minimum absolute atomic E-state index is 0. The fourth-order valence-electron chi connectivity index (χ4n) is 1.75. The monoisotopic (exact) mass is 392 g/mol. The zero-order valence-electron chi connectivity index (χ0n) is 13.2. The van der Waals surface area contributed by atoms with E-state index < -0.39 is 11.1 Å². The topological polar surface area (TPSA) is 127 Å². The number of amides is 1. The van der Waals surface area contributed by atoms with Crippen LogP contribution in [0.4, 0.5) is 0 Å². The Bertz CT molecular complexity index is 660. The quantitative estimate of drug-likeness (QED) is 0.745. The second-order valence-electron chi connectivity index (χ2n) is 4.56. The van der Waals surface area contributed by atoms with Crippen molar-refractivity contribution in [1.82, 2.24) is 6.15 Å². The van der Waals surface area contributed by atoms with Crippen molar-refractivity contribution in [3.8, 4) is 0 Å². The highest BCUT2D eigenvalue weighted by Crippen LogP contribution is 2.16. The van der Waals surface area contributed by atoms with Crippen molar-refractivity contribution in [1.29, 1.82) is 0 Å². The van der Waals surface area contributed by atoms with Gasteiger partial charge in [0.15, 0.2) is 0 Å². The third-order valence-corrected chi connectivity index (χ3v) is 3.53. The molecule has 0 fully saturated rings. The van der Waals surface area contributed by atoms with Crippen LogP contribution in [0, 0.1) is 13.8 Å². The summed E-state index contributed by atoms with van der Waals surface area (Å²) in [4.78, 5) is 21.4. The average molecular weight is 394 g/mol. The fraction of sp³-hybridized carbons (Fsp3) is 0.125. The Hall–Kier alpha value is -1.63. The van der Waals surface area contributed by atoms with E-state index in [0.29, 0.717) is 21.2 Å². The van der Waals surface area contributed by atoms with Crippen LogP contribution < -0.4 is 11.9 Å². The summed E-state index contributed by atoms with van der Waals surface area (Å²) in [6.45, 7) is 3.59. The maximum atomic E-state index is 10.7. The van der Waals surface area contributed by atoms with Crippen molar-refractivity contribution < 1.29 is 15.1 Å². The third kappa shape index (κ3) is 7.29. The molecular weight excluding hydrogens is 375 g/mol. The first-order valence-electron chi connectivity index (χ1n) is 6.24. The highest BCUT2D eigenvalue weighted by molar-refractivity contribution is 6.67. The van der Waals surface area contributed by atoms with Crippen LogP contribution in [0.2, 0.25) is 10.0 Å². The lowest BCUT2D eigenvalue weighted by molar-refractivity contribution is 0.0999. The fourth-order valence-corrected chi connectivity index (χ4v) is 2.42. The zero-order valence-corrected chi connectivity index (χ0v) is 15.5. The Morgan fingerprint density at radius 3 is 1.54 bits per heavy atom. The minimum Gasteiger partial charge on any atom is -0.412 e. The lowest BCUT2D eigenvalue weighted by atomic mass is 10.1. The molecule has 132 valence electrons. The van der Waals surface area contributed by atoms with Gasteiger partial charge in [-0.15, -0.1) is 0 Å². The van der Waals surface area contributed by atoms with Crippen molar-refractivity contribution in [2.24, 2.45) is 5.73 Å². The van der Waals surface area contributed by atoms with E-state index in [1.54, 1.807) is 50.2 Å². The van der Waals surface area contributed by atoms with Gasteiger partial charge in [-0.2, -0.15) is 0 Å². The number of rotatable bonds is 2. The smallest absolute Gasteiger partial charge is 0.252 e. The van der Waals surface area contributed by atoms with Crippen molar-refractivity contribution in [2.45, 2.75) is 13.8 Å². The molecule has 0 aromatic heterocycles. The first-order valence-corrected chi connectivity index (χ1v) is 7.37. The Labute approximate surface area is 155 Å². The molecule has 0 aliphatic carbocycles. The van der Waals surface area contributed by atoms with Crippen molar-refractivity contribution in [2.75, 3.05) is 0 Å². The van der Waals surface area contributed by atoms with E-state index in [4.69, 9.17) is 40.5 Å². The van der Waals surface area contributed by atoms with Gasteiger partial charge in [0.2, 0.25) is 5.91 Å². The number of primary amides is 1. The summed E-state index contributed by atoms with van der Waals surface area (Å²) in [5, 5.41) is 0.788. The standard InChI is InChI=1S/C8H6Cl2O.C8H8ClNO.H3N.H2O/c2*1-5-4-6(9)2-3-7(5)8(10)11;;/h2-4H,1H3;2-4H,1H3,(H2,10,11);1H3;1H2. The third-order valence-electron chi connectivity index (χ3n) is 2.85. The maximum absolute atomic E-state index is 10.7. The molecule has 0 aliphatic heterocycles. The van der Waals surface area contributed by atoms with E-state index >= 15 is 0 Å². The van der Waals surface area contributed by atoms with E-state index in [1.807, 2.05) is 0 Å². The minimum atomic E-state index is -0.445. The predicted molar refractivity (Wildman–Crippen MR) is 99.7 cm³/mol. The number of halogens is 3. The molecule has 0 atom stereocenters. The number of hydrogen-bond acceptors (Lipinski definition) is 3. The van der Waals surface area contributed by atoms with Gasteiger partial charge in [0, 0.05) is 21.2 Å². The van der Waals surface area contributed by atoms with Crippen molar-refractivity contribution in [3.05, 3.63) is 68.7 Å².